The second kappa shape index (κ2) is 6.80. The summed E-state index contributed by atoms with van der Waals surface area (Å²) in [6.45, 7) is 0.591. The van der Waals surface area contributed by atoms with Crippen molar-refractivity contribution in [3.63, 3.8) is 0 Å². The average Bonchev–Trinajstić information content (AvgIpc) is 3.30. The minimum Gasteiger partial charge on any atom is -0.461 e. The molecule has 10 heteroatoms. The van der Waals surface area contributed by atoms with Crippen molar-refractivity contribution in [1.29, 1.82) is 0 Å². The zero-order chi connectivity index (χ0) is 18.9. The Morgan fingerprint density at radius 2 is 1.96 bits per heavy atom. The zero-order valence-electron chi connectivity index (χ0n) is 14.4. The van der Waals surface area contributed by atoms with Crippen LogP contribution in [0.25, 0.3) is 17.4 Å². The third kappa shape index (κ3) is 3.80. The second-order valence-corrected chi connectivity index (χ2v) is 7.95. The van der Waals surface area contributed by atoms with Crippen molar-refractivity contribution in [3.8, 4) is 11.6 Å². The number of fused-ring (bicyclic) bond motifs is 1. The van der Waals surface area contributed by atoms with Gasteiger partial charge in [-0.25, -0.2) is 13.4 Å². The smallest absolute Gasteiger partial charge is 0.257 e. The highest BCUT2D eigenvalue weighted by molar-refractivity contribution is 7.90. The van der Waals surface area contributed by atoms with Crippen molar-refractivity contribution < 1.29 is 12.8 Å². The lowest BCUT2D eigenvalue weighted by atomic mass is 10.1. The standard InChI is InChI=1S/C17H16N6O3S/c1-27(24,25)13-6-4-12(5-7-13)8-9-18-16-19-11-23-17(21-16)20-15(22-23)14-3-2-10-26-14/h2-7,10-11H,8-9H2,1H3,(H,18,20,21,22). The topological polar surface area (TPSA) is 115 Å². The maximum atomic E-state index is 11.5. The van der Waals surface area contributed by atoms with Crippen LogP contribution in [-0.2, 0) is 16.3 Å². The third-order valence-corrected chi connectivity index (χ3v) is 5.03. The quantitative estimate of drug-likeness (QED) is 0.535. The molecule has 0 saturated heterocycles. The number of benzene rings is 1. The highest BCUT2D eigenvalue weighted by Crippen LogP contribution is 2.16. The molecule has 9 nitrogen and oxygen atoms in total. The minimum atomic E-state index is -3.18. The first-order chi connectivity index (χ1) is 13.0. The average molecular weight is 384 g/mol. The molecule has 3 heterocycles. The summed E-state index contributed by atoms with van der Waals surface area (Å²) >= 11 is 0. The lowest BCUT2D eigenvalue weighted by Crippen LogP contribution is -2.09. The molecule has 4 aromatic rings. The summed E-state index contributed by atoms with van der Waals surface area (Å²) in [5, 5.41) is 7.39. The minimum absolute atomic E-state index is 0.312. The van der Waals surface area contributed by atoms with Crippen LogP contribution < -0.4 is 5.32 Å². The van der Waals surface area contributed by atoms with E-state index in [-0.39, 0.29) is 0 Å². The van der Waals surface area contributed by atoms with Gasteiger partial charge >= 0.3 is 0 Å². The van der Waals surface area contributed by atoms with Gasteiger partial charge < -0.3 is 9.73 Å². The molecule has 0 spiro atoms. The second-order valence-electron chi connectivity index (χ2n) is 5.93. The number of anilines is 1. The van der Waals surface area contributed by atoms with Crippen LogP contribution >= 0.6 is 0 Å². The van der Waals surface area contributed by atoms with Crippen LogP contribution in [0.15, 0.2) is 58.3 Å². The number of sulfone groups is 1. The normalized spacial score (nSPS) is 11.7. The summed E-state index contributed by atoms with van der Waals surface area (Å²) in [6, 6.07) is 10.4. The Hall–Kier alpha value is -3.27. The molecule has 0 saturated carbocycles. The SMILES string of the molecule is CS(=O)(=O)c1ccc(CCNc2ncn3nc(-c4ccco4)nc3n2)cc1. The number of furan rings is 1. The van der Waals surface area contributed by atoms with Gasteiger partial charge in [0.2, 0.25) is 11.8 Å². The van der Waals surface area contributed by atoms with Crippen LogP contribution in [0.1, 0.15) is 5.56 Å². The first-order valence-electron chi connectivity index (χ1n) is 8.15. The Kier molecular flexibility index (Phi) is 4.32. The Labute approximate surface area is 155 Å². The van der Waals surface area contributed by atoms with Gasteiger partial charge in [-0.3, -0.25) is 0 Å². The van der Waals surface area contributed by atoms with E-state index >= 15 is 0 Å². The van der Waals surface area contributed by atoms with Gasteiger partial charge in [0.25, 0.3) is 5.78 Å². The van der Waals surface area contributed by atoms with E-state index in [1.54, 1.807) is 42.7 Å². The molecule has 0 aliphatic heterocycles. The predicted octanol–water partition coefficient (Wildman–Crippen LogP) is 1.84. The van der Waals surface area contributed by atoms with E-state index in [0.29, 0.717) is 41.2 Å². The Morgan fingerprint density at radius 1 is 1.15 bits per heavy atom. The number of hydrogen-bond donors (Lipinski definition) is 1. The van der Waals surface area contributed by atoms with Crippen molar-refractivity contribution in [1.82, 2.24) is 24.6 Å². The van der Waals surface area contributed by atoms with Gasteiger partial charge in [0, 0.05) is 12.8 Å². The molecule has 1 N–H and O–H groups in total. The molecule has 0 aliphatic carbocycles. The molecule has 1 aromatic carbocycles. The fraction of sp³-hybridized carbons (Fsp3) is 0.176. The monoisotopic (exact) mass is 384 g/mol. The van der Waals surface area contributed by atoms with Gasteiger partial charge in [-0.15, -0.1) is 5.10 Å². The van der Waals surface area contributed by atoms with Crippen molar-refractivity contribution in [3.05, 3.63) is 54.6 Å². The molecule has 3 aromatic heterocycles. The van der Waals surface area contributed by atoms with Gasteiger partial charge in [0.05, 0.1) is 11.2 Å². The third-order valence-electron chi connectivity index (χ3n) is 3.90. The number of nitrogens with zero attached hydrogens (tertiary/aromatic N) is 5. The van der Waals surface area contributed by atoms with Gasteiger partial charge in [-0.1, -0.05) is 12.1 Å². The maximum Gasteiger partial charge on any atom is 0.257 e. The summed E-state index contributed by atoms with van der Waals surface area (Å²) in [5.74, 6) is 1.86. The van der Waals surface area contributed by atoms with E-state index in [9.17, 15) is 8.42 Å². The molecular formula is C17H16N6O3S. The van der Waals surface area contributed by atoms with E-state index in [2.05, 4.69) is 25.4 Å². The number of nitrogens with one attached hydrogen (secondary N) is 1. The van der Waals surface area contributed by atoms with E-state index in [1.807, 2.05) is 0 Å². The van der Waals surface area contributed by atoms with Gasteiger partial charge in [-0.2, -0.15) is 14.5 Å². The molecule has 4 rings (SSSR count). The largest absolute Gasteiger partial charge is 0.461 e. The van der Waals surface area contributed by atoms with Crippen LogP contribution in [0, 0.1) is 0 Å². The van der Waals surface area contributed by atoms with Crippen molar-refractivity contribution >= 4 is 21.6 Å². The summed E-state index contributed by atoms with van der Waals surface area (Å²) in [6.07, 6.45) is 4.98. The zero-order valence-corrected chi connectivity index (χ0v) is 15.2. The van der Waals surface area contributed by atoms with E-state index in [4.69, 9.17) is 4.42 Å². The molecule has 0 unspecified atom stereocenters. The number of aromatic nitrogens is 5. The van der Waals surface area contributed by atoms with Crippen LogP contribution in [0.4, 0.5) is 5.95 Å². The van der Waals surface area contributed by atoms with Crippen molar-refractivity contribution in [2.75, 3.05) is 18.1 Å². The van der Waals surface area contributed by atoms with Gasteiger partial charge in [0.15, 0.2) is 15.6 Å². The molecule has 0 aliphatic rings. The van der Waals surface area contributed by atoms with Crippen molar-refractivity contribution in [2.45, 2.75) is 11.3 Å². The summed E-state index contributed by atoms with van der Waals surface area (Å²) in [4.78, 5) is 13.2. The summed E-state index contributed by atoms with van der Waals surface area (Å²) < 4.78 is 29.7. The van der Waals surface area contributed by atoms with E-state index in [0.717, 1.165) is 5.56 Å². The predicted molar refractivity (Wildman–Crippen MR) is 98.0 cm³/mol. The van der Waals surface area contributed by atoms with Crippen molar-refractivity contribution in [2.24, 2.45) is 0 Å². The highest BCUT2D eigenvalue weighted by Gasteiger charge is 2.11. The van der Waals surface area contributed by atoms with Gasteiger partial charge in [0.1, 0.15) is 6.33 Å². The fourth-order valence-corrected chi connectivity index (χ4v) is 3.15. The van der Waals surface area contributed by atoms with Gasteiger partial charge in [-0.05, 0) is 36.2 Å². The highest BCUT2D eigenvalue weighted by atomic mass is 32.2. The van der Waals surface area contributed by atoms with Crippen LogP contribution in [0.2, 0.25) is 0 Å². The molecule has 0 radical (unpaired) electrons. The lowest BCUT2D eigenvalue weighted by Gasteiger charge is -2.05. The number of rotatable bonds is 6. The Balaban J connectivity index is 1.41. The first-order valence-corrected chi connectivity index (χ1v) is 10.0. The fourth-order valence-electron chi connectivity index (χ4n) is 2.52. The van der Waals surface area contributed by atoms with Crippen LogP contribution in [-0.4, -0.2) is 45.8 Å². The molecule has 27 heavy (non-hydrogen) atoms. The molecule has 0 bridgehead atoms. The first kappa shape index (κ1) is 17.2. The Bertz CT molecular complexity index is 1170. The number of hydrogen-bond acceptors (Lipinski definition) is 8. The van der Waals surface area contributed by atoms with Crippen LogP contribution in [0.3, 0.4) is 0 Å². The lowest BCUT2D eigenvalue weighted by molar-refractivity contribution is 0.577. The van der Waals surface area contributed by atoms with E-state index < -0.39 is 9.84 Å². The maximum absolute atomic E-state index is 11.5. The van der Waals surface area contributed by atoms with E-state index in [1.165, 1.54) is 17.1 Å². The summed E-state index contributed by atoms with van der Waals surface area (Å²) in [7, 11) is -3.18. The van der Waals surface area contributed by atoms with Crippen LogP contribution in [0.5, 0.6) is 0 Å². The molecular weight excluding hydrogens is 368 g/mol. The molecule has 0 fully saturated rings. The Morgan fingerprint density at radius 3 is 2.67 bits per heavy atom. The molecule has 0 atom stereocenters. The molecule has 0 amide bonds. The summed E-state index contributed by atoms with van der Waals surface area (Å²) in [5.41, 5.74) is 1.01. The molecule has 138 valence electrons.